The lowest BCUT2D eigenvalue weighted by molar-refractivity contribution is -0.0617. The molecule has 0 atom stereocenters. The minimum atomic E-state index is -2.61. The van der Waals surface area contributed by atoms with Crippen molar-refractivity contribution < 1.29 is 44.3 Å². The first-order valence-electron chi connectivity index (χ1n) is 21.3. The third-order valence-electron chi connectivity index (χ3n) is 9.63. The smallest absolute Gasteiger partial charge is 0.334 e. The lowest BCUT2D eigenvalue weighted by atomic mass is 9.92. The third kappa shape index (κ3) is 35.8. The van der Waals surface area contributed by atoms with Gasteiger partial charge in [-0.3, -0.25) is 0 Å². The Morgan fingerprint density at radius 2 is 0.685 bits per heavy atom. The Labute approximate surface area is 342 Å². The topological polar surface area (TPSA) is 171 Å². The fraction of sp³-hybridized carbons (Fsp3) is 0.902. The number of unbranched alkanes of at least 4 members (excludes halogenated alkanes) is 24. The molecule has 13 heteroatoms. The lowest BCUT2D eigenvalue weighted by Gasteiger charge is -2.43. The van der Waals surface area contributed by atoms with Crippen LogP contribution in [0.4, 0.5) is 0 Å². The molecule has 8 N–H and O–H groups in total. The van der Waals surface area contributed by atoms with Gasteiger partial charge in [-0.25, -0.2) is 4.31 Å². The highest BCUT2D eigenvalue weighted by Gasteiger charge is 2.50. The molecule has 0 spiro atoms. The monoisotopic (exact) mass is 847 g/mol. The van der Waals surface area contributed by atoms with E-state index in [0.29, 0.717) is 0 Å². The molecule has 0 aromatic rings. The average Bonchev–Trinajstić information content (AvgIpc) is 3.14. The molecule has 0 aromatic heterocycles. The maximum absolute atomic E-state index is 11.6. The molecule has 0 aliphatic heterocycles. The molecule has 324 valence electrons. The normalized spacial score (nSPS) is 12.5. The van der Waals surface area contributed by atoms with Crippen molar-refractivity contribution in [2.75, 3.05) is 31.3 Å². The number of aliphatic hydroxyl groups is 4. The second-order valence-electron chi connectivity index (χ2n) is 14.5. The Kier molecular flexibility index (Phi) is 45.5. The summed E-state index contributed by atoms with van der Waals surface area (Å²) >= 11 is 2.80. The van der Waals surface area contributed by atoms with Gasteiger partial charge in [-0.2, -0.15) is 0 Å². The number of hydrogen-bond donors (Lipinski definition) is 8. The predicted octanol–water partition coefficient (Wildman–Crippen LogP) is 11.6. The van der Waals surface area contributed by atoms with Gasteiger partial charge in [-0.1, -0.05) is 154 Å². The molecule has 0 heterocycles. The van der Waals surface area contributed by atoms with E-state index in [1.165, 1.54) is 178 Å². The largest absolute Gasteiger partial charge is 0.395 e. The van der Waals surface area contributed by atoms with Gasteiger partial charge in [0.15, 0.2) is 4.27 Å². The second-order valence-corrected chi connectivity index (χ2v) is 19.0. The molecule has 0 aromatic carbocycles. The van der Waals surface area contributed by atoms with Crippen molar-refractivity contribution in [3.05, 3.63) is 24.3 Å². The molecule has 0 saturated heterocycles. The lowest BCUT2D eigenvalue weighted by Crippen LogP contribution is -2.52. The van der Waals surface area contributed by atoms with Crippen LogP contribution < -0.4 is 0 Å². The standard InChI is InChI=1S/C41H80O4S2.H4O5P2/c1-3-5-7-9-11-13-15-17-19-21-23-25-27-29-31-33-35-46-41(45,40(37-42,38-43)39-44)47-36-34-32-30-28-26-24-22-20-18-16-14-12-10-8-6-4-2;1-6(2)5-7(3)4/h17-20,42-45H,3-16,21-39H2,1-2H3;1-4H/b19-17-,20-18-;. The van der Waals surface area contributed by atoms with Gasteiger partial charge in [0, 0.05) is 0 Å². The summed E-state index contributed by atoms with van der Waals surface area (Å²) in [6, 6.07) is 0. The molecule has 0 aliphatic rings. The molecule has 0 rings (SSSR count). The van der Waals surface area contributed by atoms with Gasteiger partial charge in [-0.15, -0.1) is 23.5 Å². The fourth-order valence-electron chi connectivity index (χ4n) is 5.98. The Balaban J connectivity index is 0. The highest BCUT2D eigenvalue weighted by molar-refractivity contribution is 8.18. The van der Waals surface area contributed by atoms with E-state index in [9.17, 15) is 20.4 Å². The molecule has 54 heavy (non-hydrogen) atoms. The van der Waals surface area contributed by atoms with Crippen LogP contribution in [0, 0.1) is 5.41 Å². The van der Waals surface area contributed by atoms with Crippen molar-refractivity contribution in [2.45, 2.75) is 198 Å². The zero-order chi connectivity index (χ0) is 40.4. The quantitative estimate of drug-likeness (QED) is 0.0128. The Hall–Kier alpha value is 0.680. The number of hydrogen-bond acceptors (Lipinski definition) is 11. The predicted molar refractivity (Wildman–Crippen MR) is 236 cm³/mol. The first-order chi connectivity index (χ1) is 26.2. The van der Waals surface area contributed by atoms with Crippen LogP contribution in [0.3, 0.4) is 0 Å². The average molecular weight is 847 g/mol. The SMILES string of the molecule is CCCCCCCC/C=C\CCCCCCCCSC(O)(SCCCCCCCC/C=C\CCCCCCCC)C(CO)(CO)CO.OP(O)OP(O)O. The van der Waals surface area contributed by atoms with E-state index >= 15 is 0 Å². The Morgan fingerprint density at radius 1 is 0.426 bits per heavy atom. The number of rotatable bonds is 40. The van der Waals surface area contributed by atoms with E-state index in [1.807, 2.05) is 0 Å². The summed E-state index contributed by atoms with van der Waals surface area (Å²) in [6.45, 7) is 3.24. The van der Waals surface area contributed by atoms with Gasteiger partial charge in [0.2, 0.25) is 0 Å². The van der Waals surface area contributed by atoms with E-state index in [1.54, 1.807) is 0 Å². The molecule has 9 nitrogen and oxygen atoms in total. The molecule has 0 fully saturated rings. The Morgan fingerprint density at radius 3 is 0.926 bits per heavy atom. The van der Waals surface area contributed by atoms with Crippen molar-refractivity contribution >= 4 is 40.7 Å². The van der Waals surface area contributed by atoms with E-state index in [4.69, 9.17) is 19.6 Å². The third-order valence-corrected chi connectivity index (χ3v) is 14.1. The zero-order valence-electron chi connectivity index (χ0n) is 34.3. The van der Waals surface area contributed by atoms with Crippen LogP contribution in [0.2, 0.25) is 0 Å². The van der Waals surface area contributed by atoms with Crippen molar-refractivity contribution in [3.8, 4) is 0 Å². The number of aliphatic hydroxyl groups excluding tert-OH is 3. The van der Waals surface area contributed by atoms with E-state index in [2.05, 4.69) is 42.5 Å². The minimum Gasteiger partial charge on any atom is -0.395 e. The van der Waals surface area contributed by atoms with Crippen LogP contribution in [0.25, 0.3) is 0 Å². The van der Waals surface area contributed by atoms with Crippen LogP contribution in [-0.4, -0.2) is 75.6 Å². The van der Waals surface area contributed by atoms with Gasteiger partial charge < -0.3 is 40.0 Å². The second kappa shape index (κ2) is 43.3. The number of thioether (sulfide) groups is 2. The summed E-state index contributed by atoms with van der Waals surface area (Å²) in [6.07, 6.45) is 44.9. The first-order valence-corrected chi connectivity index (χ1v) is 25.6. The maximum Gasteiger partial charge on any atom is 0.334 e. The summed E-state index contributed by atoms with van der Waals surface area (Å²) < 4.78 is 2.21. The summed E-state index contributed by atoms with van der Waals surface area (Å²) in [5.41, 5.74) is -1.31. The molecule has 0 saturated carbocycles. The summed E-state index contributed by atoms with van der Waals surface area (Å²) in [5.74, 6) is 1.53. The van der Waals surface area contributed by atoms with Crippen LogP contribution in [0.15, 0.2) is 24.3 Å². The summed E-state index contributed by atoms with van der Waals surface area (Å²) in [7, 11) is -5.22. The highest BCUT2D eigenvalue weighted by Crippen LogP contribution is 2.49. The van der Waals surface area contributed by atoms with Gasteiger partial charge >= 0.3 is 17.2 Å². The van der Waals surface area contributed by atoms with Crippen LogP contribution in [0.1, 0.15) is 194 Å². The van der Waals surface area contributed by atoms with E-state index < -0.39 is 46.7 Å². The maximum atomic E-state index is 11.6. The summed E-state index contributed by atoms with van der Waals surface area (Å²) in [5, 5.41) is 41.9. The van der Waals surface area contributed by atoms with Gasteiger partial charge in [-0.05, 0) is 75.7 Å². The molecule has 0 unspecified atom stereocenters. The molecule has 0 bridgehead atoms. The van der Waals surface area contributed by atoms with Crippen molar-refractivity contribution in [1.29, 1.82) is 0 Å². The van der Waals surface area contributed by atoms with Crippen molar-refractivity contribution in [1.82, 2.24) is 0 Å². The molecule has 0 aliphatic carbocycles. The summed E-state index contributed by atoms with van der Waals surface area (Å²) in [4.78, 5) is 31.3. The highest BCUT2D eigenvalue weighted by atomic mass is 32.2. The van der Waals surface area contributed by atoms with Gasteiger partial charge in [0.05, 0.1) is 25.2 Å². The zero-order valence-corrected chi connectivity index (χ0v) is 37.8. The van der Waals surface area contributed by atoms with E-state index in [-0.39, 0.29) is 0 Å². The van der Waals surface area contributed by atoms with Crippen LogP contribution >= 0.6 is 40.7 Å². The van der Waals surface area contributed by atoms with Crippen molar-refractivity contribution in [2.24, 2.45) is 5.41 Å². The fourth-order valence-corrected chi connectivity index (χ4v) is 9.59. The minimum absolute atomic E-state index is 0.433. The Bertz CT molecular complexity index is 748. The van der Waals surface area contributed by atoms with E-state index in [0.717, 1.165) is 37.2 Å². The van der Waals surface area contributed by atoms with Crippen LogP contribution in [0.5, 0.6) is 0 Å². The molecular formula is C41H84O9P2S2. The van der Waals surface area contributed by atoms with Gasteiger partial charge in [0.1, 0.15) is 0 Å². The molecule has 0 radical (unpaired) electrons. The number of allylic oxidation sites excluding steroid dienone is 4. The molecular weight excluding hydrogens is 763 g/mol. The molecule has 0 amide bonds. The van der Waals surface area contributed by atoms with Crippen LogP contribution in [-0.2, 0) is 4.31 Å². The van der Waals surface area contributed by atoms with Crippen molar-refractivity contribution in [3.63, 3.8) is 0 Å². The van der Waals surface area contributed by atoms with Gasteiger partial charge in [0.25, 0.3) is 0 Å². The first kappa shape index (κ1) is 56.8.